The number of allylic oxidation sites excluding steroid dienone is 2. The van der Waals surface area contributed by atoms with E-state index in [1.165, 1.54) is 0 Å². The standard InChI is InChI=1S/C11H13NO/c1-2-3-7-11(13)9-10-6-4-5-8-12-10/h3-8H,2,9H2,1H3/b7-3+. The number of hydrogen-bond donors (Lipinski definition) is 0. The molecule has 0 bridgehead atoms. The average Bonchev–Trinajstić information content (AvgIpc) is 2.16. The maximum atomic E-state index is 11.2. The third-order valence-electron chi connectivity index (χ3n) is 1.62. The molecular weight excluding hydrogens is 162 g/mol. The Kier molecular flexibility index (Phi) is 3.89. The Morgan fingerprint density at radius 1 is 1.54 bits per heavy atom. The minimum Gasteiger partial charge on any atom is -0.294 e. The van der Waals surface area contributed by atoms with Crippen LogP contribution in [0.15, 0.2) is 36.5 Å². The lowest BCUT2D eigenvalue weighted by atomic mass is 10.2. The van der Waals surface area contributed by atoms with Crippen molar-refractivity contribution >= 4 is 5.78 Å². The van der Waals surface area contributed by atoms with Crippen LogP contribution in [0.4, 0.5) is 0 Å². The van der Waals surface area contributed by atoms with Crippen LogP contribution in [0.25, 0.3) is 0 Å². The van der Waals surface area contributed by atoms with Crippen molar-refractivity contribution < 1.29 is 4.79 Å². The van der Waals surface area contributed by atoms with Gasteiger partial charge in [-0.25, -0.2) is 0 Å². The summed E-state index contributed by atoms with van der Waals surface area (Å²) in [6.45, 7) is 2.00. The summed E-state index contributed by atoms with van der Waals surface area (Å²) in [5, 5.41) is 0. The fourth-order valence-electron chi connectivity index (χ4n) is 0.989. The molecule has 2 nitrogen and oxygen atoms in total. The smallest absolute Gasteiger partial charge is 0.161 e. The van der Waals surface area contributed by atoms with Crippen LogP contribution in [0.3, 0.4) is 0 Å². The Morgan fingerprint density at radius 3 is 3.00 bits per heavy atom. The fourth-order valence-corrected chi connectivity index (χ4v) is 0.989. The highest BCUT2D eigenvalue weighted by molar-refractivity contribution is 5.91. The molecule has 1 rings (SSSR count). The van der Waals surface area contributed by atoms with Crippen molar-refractivity contribution in [2.75, 3.05) is 0 Å². The second-order valence-electron chi connectivity index (χ2n) is 2.77. The van der Waals surface area contributed by atoms with Crippen LogP contribution in [-0.2, 0) is 11.2 Å². The third-order valence-corrected chi connectivity index (χ3v) is 1.62. The van der Waals surface area contributed by atoms with Crippen LogP contribution in [0.5, 0.6) is 0 Å². The van der Waals surface area contributed by atoms with E-state index in [1.54, 1.807) is 12.3 Å². The zero-order valence-electron chi connectivity index (χ0n) is 7.73. The van der Waals surface area contributed by atoms with Gasteiger partial charge in [-0.1, -0.05) is 19.1 Å². The van der Waals surface area contributed by atoms with E-state index in [4.69, 9.17) is 0 Å². The molecule has 0 saturated carbocycles. The summed E-state index contributed by atoms with van der Waals surface area (Å²) in [7, 11) is 0. The van der Waals surface area contributed by atoms with Gasteiger partial charge < -0.3 is 0 Å². The monoisotopic (exact) mass is 175 g/mol. The number of nitrogens with zero attached hydrogens (tertiary/aromatic N) is 1. The molecule has 1 heterocycles. The highest BCUT2D eigenvalue weighted by atomic mass is 16.1. The SMILES string of the molecule is CC/C=C/C(=O)Cc1ccccn1. The van der Waals surface area contributed by atoms with E-state index in [2.05, 4.69) is 4.98 Å². The molecule has 0 aliphatic rings. The summed E-state index contributed by atoms with van der Waals surface area (Å²) in [6.07, 6.45) is 6.48. The van der Waals surface area contributed by atoms with Gasteiger partial charge in [0.15, 0.2) is 5.78 Å². The van der Waals surface area contributed by atoms with Gasteiger partial charge in [-0.2, -0.15) is 0 Å². The van der Waals surface area contributed by atoms with E-state index in [0.29, 0.717) is 6.42 Å². The number of hydrogen-bond acceptors (Lipinski definition) is 2. The third kappa shape index (κ3) is 3.65. The maximum absolute atomic E-state index is 11.2. The number of ketones is 1. The normalized spacial score (nSPS) is 10.5. The van der Waals surface area contributed by atoms with Gasteiger partial charge in [0.2, 0.25) is 0 Å². The molecule has 0 N–H and O–H groups in total. The van der Waals surface area contributed by atoms with Crippen LogP contribution < -0.4 is 0 Å². The van der Waals surface area contributed by atoms with Crippen molar-refractivity contribution in [3.63, 3.8) is 0 Å². The summed E-state index contributed by atoms with van der Waals surface area (Å²) in [5.74, 6) is 0.112. The van der Waals surface area contributed by atoms with Gasteiger partial charge in [0, 0.05) is 11.9 Å². The Balaban J connectivity index is 2.50. The molecule has 0 aliphatic heterocycles. The minimum atomic E-state index is 0.112. The van der Waals surface area contributed by atoms with Crippen LogP contribution in [0.1, 0.15) is 19.0 Å². The minimum absolute atomic E-state index is 0.112. The Hall–Kier alpha value is -1.44. The van der Waals surface area contributed by atoms with Crippen molar-refractivity contribution in [3.8, 4) is 0 Å². The molecule has 0 unspecified atom stereocenters. The van der Waals surface area contributed by atoms with Gasteiger partial charge in [0.05, 0.1) is 6.42 Å². The van der Waals surface area contributed by atoms with Gasteiger partial charge in [-0.15, -0.1) is 0 Å². The molecule has 1 aromatic heterocycles. The van der Waals surface area contributed by atoms with Gasteiger partial charge >= 0.3 is 0 Å². The van der Waals surface area contributed by atoms with E-state index >= 15 is 0 Å². The molecule has 2 heteroatoms. The molecule has 1 aromatic rings. The van der Waals surface area contributed by atoms with Gasteiger partial charge in [0.25, 0.3) is 0 Å². The van der Waals surface area contributed by atoms with Crippen molar-refractivity contribution in [1.29, 1.82) is 0 Å². The Morgan fingerprint density at radius 2 is 2.38 bits per heavy atom. The maximum Gasteiger partial charge on any atom is 0.161 e. The number of carbonyl (C=O) groups is 1. The number of aromatic nitrogens is 1. The Bertz CT molecular complexity index is 290. The highest BCUT2D eigenvalue weighted by Crippen LogP contribution is 1.96. The lowest BCUT2D eigenvalue weighted by Crippen LogP contribution is -1.99. The molecule has 13 heavy (non-hydrogen) atoms. The van der Waals surface area contributed by atoms with Gasteiger partial charge in [-0.3, -0.25) is 9.78 Å². The summed E-state index contributed by atoms with van der Waals surface area (Å²) in [4.78, 5) is 15.3. The van der Waals surface area contributed by atoms with E-state index in [0.717, 1.165) is 12.1 Å². The first-order valence-corrected chi connectivity index (χ1v) is 4.42. The largest absolute Gasteiger partial charge is 0.294 e. The first-order chi connectivity index (χ1) is 6.33. The number of carbonyl (C=O) groups excluding carboxylic acids is 1. The van der Waals surface area contributed by atoms with E-state index in [-0.39, 0.29) is 5.78 Å². The topological polar surface area (TPSA) is 30.0 Å². The zero-order valence-corrected chi connectivity index (χ0v) is 7.73. The lowest BCUT2D eigenvalue weighted by molar-refractivity contribution is -0.114. The molecule has 0 fully saturated rings. The zero-order chi connectivity index (χ0) is 9.52. The first kappa shape index (κ1) is 9.65. The van der Waals surface area contributed by atoms with Crippen molar-refractivity contribution in [2.45, 2.75) is 19.8 Å². The van der Waals surface area contributed by atoms with Crippen LogP contribution in [-0.4, -0.2) is 10.8 Å². The van der Waals surface area contributed by atoms with E-state index < -0.39 is 0 Å². The predicted octanol–water partition coefficient (Wildman–Crippen LogP) is 2.16. The summed E-state index contributed by atoms with van der Waals surface area (Å²) >= 11 is 0. The lowest BCUT2D eigenvalue weighted by Gasteiger charge is -1.94. The summed E-state index contributed by atoms with van der Waals surface area (Å²) in [6, 6.07) is 5.59. The second-order valence-corrected chi connectivity index (χ2v) is 2.77. The summed E-state index contributed by atoms with van der Waals surface area (Å²) < 4.78 is 0. The van der Waals surface area contributed by atoms with Crippen molar-refractivity contribution in [1.82, 2.24) is 4.98 Å². The molecule has 0 saturated heterocycles. The molecular formula is C11H13NO. The van der Waals surface area contributed by atoms with Crippen molar-refractivity contribution in [2.24, 2.45) is 0 Å². The molecule has 0 radical (unpaired) electrons. The molecule has 68 valence electrons. The Labute approximate surface area is 78.3 Å². The average molecular weight is 175 g/mol. The van der Waals surface area contributed by atoms with Gasteiger partial charge in [-0.05, 0) is 24.6 Å². The van der Waals surface area contributed by atoms with E-state index in [1.807, 2.05) is 31.2 Å². The summed E-state index contributed by atoms with van der Waals surface area (Å²) in [5.41, 5.74) is 0.827. The molecule has 0 aromatic carbocycles. The van der Waals surface area contributed by atoms with Gasteiger partial charge in [0.1, 0.15) is 0 Å². The van der Waals surface area contributed by atoms with Crippen LogP contribution >= 0.6 is 0 Å². The molecule has 0 amide bonds. The molecule has 0 spiro atoms. The molecule has 0 atom stereocenters. The first-order valence-electron chi connectivity index (χ1n) is 4.42. The predicted molar refractivity (Wildman–Crippen MR) is 52.4 cm³/mol. The van der Waals surface area contributed by atoms with Crippen LogP contribution in [0.2, 0.25) is 0 Å². The second kappa shape index (κ2) is 5.25. The number of rotatable bonds is 4. The van der Waals surface area contributed by atoms with Crippen LogP contribution in [0, 0.1) is 0 Å². The quantitative estimate of drug-likeness (QED) is 0.656. The van der Waals surface area contributed by atoms with Crippen molar-refractivity contribution in [3.05, 3.63) is 42.2 Å². The fraction of sp³-hybridized carbons (Fsp3) is 0.273. The highest BCUT2D eigenvalue weighted by Gasteiger charge is 1.98. The molecule has 0 aliphatic carbocycles. The van der Waals surface area contributed by atoms with E-state index in [9.17, 15) is 4.79 Å². The number of pyridine rings is 1.